The monoisotopic (exact) mass is 419 g/mol. The molecule has 0 bridgehead atoms. The second-order valence-corrected chi connectivity index (χ2v) is 7.27. The third-order valence-electron chi connectivity index (χ3n) is 3.55. The first-order valence-electron chi connectivity index (χ1n) is 7.81. The molecule has 1 aromatic carbocycles. The molecule has 0 saturated carbocycles. The Hall–Kier alpha value is -2.86. The number of amides is 2. The normalized spacial score (nSPS) is 11.9. The van der Waals surface area contributed by atoms with Crippen LogP contribution in [0, 0.1) is 6.92 Å². The number of carbonyl (C=O) groups excluding carboxylic acids is 2. The van der Waals surface area contributed by atoms with E-state index in [0.717, 1.165) is 18.2 Å². The zero-order chi connectivity index (χ0) is 20.9. The molecule has 3 N–H and O–H groups in total. The average molecular weight is 419 g/mol. The van der Waals surface area contributed by atoms with Crippen LogP contribution in [0.2, 0.25) is 0 Å². The summed E-state index contributed by atoms with van der Waals surface area (Å²) in [5, 5.41) is 0. The van der Waals surface area contributed by atoms with Crippen LogP contribution in [0.25, 0.3) is 0 Å². The third kappa shape index (κ3) is 5.33. The highest BCUT2D eigenvalue weighted by atomic mass is 32.2. The highest BCUT2D eigenvalue weighted by molar-refractivity contribution is 7.89. The molecule has 0 unspecified atom stereocenters. The summed E-state index contributed by atoms with van der Waals surface area (Å²) < 4.78 is 69.9. The van der Waals surface area contributed by atoms with E-state index < -0.39 is 51.4 Å². The van der Waals surface area contributed by atoms with Crippen molar-refractivity contribution in [2.45, 2.75) is 24.4 Å². The molecule has 1 heterocycles. The van der Waals surface area contributed by atoms with Gasteiger partial charge < -0.3 is 4.42 Å². The minimum absolute atomic E-state index is 0.199. The van der Waals surface area contributed by atoms with Crippen molar-refractivity contribution in [3.63, 3.8) is 0 Å². The van der Waals surface area contributed by atoms with E-state index in [1.54, 1.807) is 6.92 Å². The van der Waals surface area contributed by atoms with Crippen molar-refractivity contribution in [1.82, 2.24) is 15.6 Å². The van der Waals surface area contributed by atoms with Crippen molar-refractivity contribution < 1.29 is 35.6 Å². The van der Waals surface area contributed by atoms with Crippen molar-refractivity contribution in [2.24, 2.45) is 0 Å². The molecule has 0 radical (unpaired) electrons. The fourth-order valence-corrected chi connectivity index (χ4v) is 3.45. The Balaban J connectivity index is 1.90. The third-order valence-corrected chi connectivity index (χ3v) is 5.06. The van der Waals surface area contributed by atoms with Gasteiger partial charge in [0.2, 0.25) is 15.9 Å². The van der Waals surface area contributed by atoms with E-state index in [2.05, 4.69) is 10.9 Å². The summed E-state index contributed by atoms with van der Waals surface area (Å²) >= 11 is 0. The molecule has 0 aliphatic rings. The Labute approximate surface area is 158 Å². The summed E-state index contributed by atoms with van der Waals surface area (Å²) in [5.41, 5.74) is 3.06. The maximum atomic E-state index is 12.9. The Morgan fingerprint density at radius 3 is 2.39 bits per heavy atom. The zero-order valence-electron chi connectivity index (χ0n) is 14.5. The lowest BCUT2D eigenvalue weighted by molar-refractivity contribution is -0.139. The molecule has 2 rings (SSSR count). The summed E-state index contributed by atoms with van der Waals surface area (Å²) in [7, 11) is -4.49. The van der Waals surface area contributed by atoms with Gasteiger partial charge in [-0.3, -0.25) is 20.4 Å². The van der Waals surface area contributed by atoms with Crippen LogP contribution in [0.5, 0.6) is 0 Å². The largest absolute Gasteiger partial charge is 0.469 e. The van der Waals surface area contributed by atoms with E-state index in [4.69, 9.17) is 4.42 Å². The lowest BCUT2D eigenvalue weighted by atomic mass is 10.2. The fourth-order valence-electron chi connectivity index (χ4n) is 2.19. The van der Waals surface area contributed by atoms with Crippen LogP contribution in [0.1, 0.15) is 28.1 Å². The van der Waals surface area contributed by atoms with Crippen LogP contribution in [-0.4, -0.2) is 26.8 Å². The number of hydrogen-bond donors (Lipinski definition) is 3. The van der Waals surface area contributed by atoms with Gasteiger partial charge in [-0.2, -0.15) is 13.2 Å². The standard InChI is InChI=1S/C16H16F3N3O5S/c1-10-11(7-9-27-10)15(24)22-21-14(23)6-8-20-28(25,26)13-5-3-2-4-12(13)16(17,18)19/h2-5,7,9,20H,6,8H2,1H3,(H,21,23)(H,22,24). The molecule has 0 spiro atoms. The number of benzene rings is 1. The zero-order valence-corrected chi connectivity index (χ0v) is 15.3. The predicted molar refractivity (Wildman–Crippen MR) is 90.3 cm³/mol. The van der Waals surface area contributed by atoms with Crippen LogP contribution in [0.15, 0.2) is 45.9 Å². The van der Waals surface area contributed by atoms with Crippen molar-refractivity contribution in [2.75, 3.05) is 6.54 Å². The predicted octanol–water partition coefficient (Wildman–Crippen LogP) is 1.74. The number of furan rings is 1. The summed E-state index contributed by atoms with van der Waals surface area (Å²) in [6.07, 6.45) is -3.98. The number of carbonyl (C=O) groups is 2. The Morgan fingerprint density at radius 2 is 1.79 bits per heavy atom. The summed E-state index contributed by atoms with van der Waals surface area (Å²) in [5.74, 6) is -1.05. The Bertz CT molecular complexity index is 970. The average Bonchev–Trinajstić information content (AvgIpc) is 3.05. The number of sulfonamides is 1. The lowest BCUT2D eigenvalue weighted by Gasteiger charge is -2.13. The van der Waals surface area contributed by atoms with Gasteiger partial charge in [-0.15, -0.1) is 0 Å². The van der Waals surface area contributed by atoms with Gasteiger partial charge in [-0.05, 0) is 25.1 Å². The first kappa shape index (κ1) is 21.4. The minimum Gasteiger partial charge on any atom is -0.469 e. The maximum absolute atomic E-state index is 12.9. The van der Waals surface area contributed by atoms with Crippen molar-refractivity contribution in [3.8, 4) is 0 Å². The Kier molecular flexibility index (Phi) is 6.46. The van der Waals surface area contributed by atoms with Crippen molar-refractivity contribution in [3.05, 3.63) is 53.5 Å². The molecule has 0 aliphatic heterocycles. The van der Waals surface area contributed by atoms with Gasteiger partial charge in [0.1, 0.15) is 5.76 Å². The van der Waals surface area contributed by atoms with Crippen molar-refractivity contribution >= 4 is 21.8 Å². The van der Waals surface area contributed by atoms with Crippen LogP contribution in [0.3, 0.4) is 0 Å². The van der Waals surface area contributed by atoms with Crippen LogP contribution < -0.4 is 15.6 Å². The second kappa shape index (κ2) is 8.44. The molecule has 12 heteroatoms. The molecule has 28 heavy (non-hydrogen) atoms. The van der Waals surface area contributed by atoms with Crippen LogP contribution >= 0.6 is 0 Å². The quantitative estimate of drug-likeness (QED) is 0.617. The van der Waals surface area contributed by atoms with Crippen LogP contribution in [0.4, 0.5) is 13.2 Å². The molecular weight excluding hydrogens is 403 g/mol. The van der Waals surface area contributed by atoms with Crippen LogP contribution in [-0.2, 0) is 21.0 Å². The van der Waals surface area contributed by atoms with E-state index in [1.807, 2.05) is 4.72 Å². The topological polar surface area (TPSA) is 118 Å². The smallest absolute Gasteiger partial charge is 0.417 e. The number of hydrazine groups is 1. The fraction of sp³-hybridized carbons (Fsp3) is 0.250. The van der Waals surface area contributed by atoms with Gasteiger partial charge in [0.25, 0.3) is 5.91 Å². The molecule has 0 atom stereocenters. The Morgan fingerprint density at radius 1 is 1.11 bits per heavy atom. The van der Waals surface area contributed by atoms with E-state index in [0.29, 0.717) is 11.8 Å². The van der Waals surface area contributed by atoms with E-state index >= 15 is 0 Å². The van der Waals surface area contributed by atoms with Gasteiger partial charge in [-0.1, -0.05) is 12.1 Å². The van der Waals surface area contributed by atoms with Gasteiger partial charge in [0.05, 0.1) is 22.3 Å². The molecule has 0 saturated heterocycles. The van der Waals surface area contributed by atoms with E-state index in [1.165, 1.54) is 12.3 Å². The summed E-state index contributed by atoms with van der Waals surface area (Å²) in [6, 6.07) is 5.08. The second-order valence-electron chi connectivity index (χ2n) is 5.53. The number of halogens is 3. The lowest BCUT2D eigenvalue weighted by Crippen LogP contribution is -2.42. The van der Waals surface area contributed by atoms with Gasteiger partial charge in [0, 0.05) is 13.0 Å². The highest BCUT2D eigenvalue weighted by Gasteiger charge is 2.36. The molecule has 1 aromatic heterocycles. The SMILES string of the molecule is Cc1occc1C(=O)NNC(=O)CCNS(=O)(=O)c1ccccc1C(F)(F)F. The number of alkyl halides is 3. The number of rotatable bonds is 6. The molecule has 8 nitrogen and oxygen atoms in total. The number of nitrogens with one attached hydrogen (secondary N) is 3. The molecular formula is C16H16F3N3O5S. The van der Waals surface area contributed by atoms with Gasteiger partial charge in [0.15, 0.2) is 0 Å². The molecule has 0 fully saturated rings. The van der Waals surface area contributed by atoms with E-state index in [-0.39, 0.29) is 5.56 Å². The highest BCUT2D eigenvalue weighted by Crippen LogP contribution is 2.33. The number of aryl methyl sites for hydroxylation is 1. The molecule has 2 aromatic rings. The van der Waals surface area contributed by atoms with Gasteiger partial charge >= 0.3 is 6.18 Å². The summed E-state index contributed by atoms with van der Waals surface area (Å²) in [6.45, 7) is 1.07. The van der Waals surface area contributed by atoms with E-state index in [9.17, 15) is 31.2 Å². The van der Waals surface area contributed by atoms with Crippen molar-refractivity contribution in [1.29, 1.82) is 0 Å². The minimum atomic E-state index is -4.85. The summed E-state index contributed by atoms with van der Waals surface area (Å²) in [4.78, 5) is 22.5. The van der Waals surface area contributed by atoms with Gasteiger partial charge in [-0.25, -0.2) is 13.1 Å². The molecule has 2 amide bonds. The number of hydrogen-bond acceptors (Lipinski definition) is 5. The maximum Gasteiger partial charge on any atom is 0.417 e. The molecule has 152 valence electrons. The molecule has 0 aliphatic carbocycles. The first-order valence-corrected chi connectivity index (χ1v) is 9.30. The first-order chi connectivity index (χ1) is 13.0.